The van der Waals surface area contributed by atoms with E-state index in [4.69, 9.17) is 0 Å². The van der Waals surface area contributed by atoms with Crippen LogP contribution in [-0.2, 0) is 11.3 Å². The van der Waals surface area contributed by atoms with Crippen molar-refractivity contribution in [2.75, 3.05) is 19.6 Å². The van der Waals surface area contributed by atoms with Gasteiger partial charge in [-0.05, 0) is 68.3 Å². The molecule has 1 N–H and O–H groups in total. The average Bonchev–Trinajstić information content (AvgIpc) is 3.32. The van der Waals surface area contributed by atoms with E-state index in [2.05, 4.69) is 39.6 Å². The number of likely N-dealkylation sites (tertiary alicyclic amines) is 1. The van der Waals surface area contributed by atoms with Gasteiger partial charge in [0.2, 0.25) is 5.91 Å². The smallest absolute Gasteiger partial charge is 0.261 e. The van der Waals surface area contributed by atoms with Crippen LogP contribution in [0.2, 0.25) is 0 Å². The number of para-hydroxylation sites is 1. The monoisotopic (exact) mass is 452 g/mol. The molecule has 1 fully saturated rings. The predicted octanol–water partition coefficient (Wildman–Crippen LogP) is 4.14. The number of nitrogens with zero attached hydrogens (tertiary/aromatic N) is 3. The Labute approximate surface area is 193 Å². The largest absolute Gasteiger partial charge is 0.354 e. The number of aromatic nitrogens is 2. The first kappa shape index (κ1) is 22.7. The summed E-state index contributed by atoms with van der Waals surface area (Å²) in [6, 6.07) is 10.1. The lowest BCUT2D eigenvalue weighted by Crippen LogP contribution is -2.41. The fourth-order valence-corrected chi connectivity index (χ4v) is 5.30. The van der Waals surface area contributed by atoms with Crippen molar-refractivity contribution in [1.29, 1.82) is 0 Å². The molecule has 1 saturated heterocycles. The maximum absolute atomic E-state index is 12.7. The number of amides is 1. The molecule has 1 amide bonds. The molecule has 32 heavy (non-hydrogen) atoms. The van der Waals surface area contributed by atoms with E-state index in [9.17, 15) is 9.59 Å². The van der Waals surface area contributed by atoms with Gasteiger partial charge in [0.1, 0.15) is 0 Å². The first-order valence-corrected chi connectivity index (χ1v) is 12.4. The molecule has 2 aromatic heterocycles. The molecule has 6 nitrogen and oxygen atoms in total. The van der Waals surface area contributed by atoms with Gasteiger partial charge in [0.05, 0.1) is 23.3 Å². The molecule has 0 saturated carbocycles. The Balaban J connectivity index is 1.31. The van der Waals surface area contributed by atoms with Gasteiger partial charge in [-0.2, -0.15) is 0 Å². The van der Waals surface area contributed by atoms with Crippen molar-refractivity contribution in [1.82, 2.24) is 19.8 Å². The van der Waals surface area contributed by atoms with Gasteiger partial charge in [-0.1, -0.05) is 25.1 Å². The van der Waals surface area contributed by atoms with Crippen LogP contribution in [0.3, 0.4) is 0 Å². The number of aryl methyl sites for hydroxylation is 2. The minimum Gasteiger partial charge on any atom is -0.354 e. The number of nitrogens with one attached hydrogen (secondary N) is 1. The second-order valence-corrected chi connectivity index (χ2v) is 9.85. The van der Waals surface area contributed by atoms with Gasteiger partial charge in [0, 0.05) is 24.4 Å². The highest BCUT2D eigenvalue weighted by Gasteiger charge is 2.25. The standard InChI is InChI=1S/C25H32N4O2S/c1-18-10-13-28(14-11-18)21(22-8-5-15-32-22)16-26-23(30)9-4-12-29-17-27-24-19(2)6-3-7-20(24)25(29)31/h3,5-8,15,17-18,21H,4,9-14,16H2,1-2H3,(H,26,30)/t21-/m0/s1. The molecule has 170 valence electrons. The quantitative estimate of drug-likeness (QED) is 0.558. The topological polar surface area (TPSA) is 67.2 Å². The average molecular weight is 453 g/mol. The minimum absolute atomic E-state index is 0.0366. The van der Waals surface area contributed by atoms with E-state index in [1.807, 2.05) is 25.1 Å². The Morgan fingerprint density at radius 2 is 2.06 bits per heavy atom. The van der Waals surface area contributed by atoms with E-state index in [0.29, 0.717) is 31.3 Å². The van der Waals surface area contributed by atoms with Crippen LogP contribution in [0.4, 0.5) is 0 Å². The number of carbonyl (C=O) groups is 1. The van der Waals surface area contributed by atoms with E-state index in [1.54, 1.807) is 22.2 Å². The summed E-state index contributed by atoms with van der Waals surface area (Å²) in [6.45, 7) is 7.55. The second kappa shape index (κ2) is 10.4. The van der Waals surface area contributed by atoms with Gasteiger partial charge < -0.3 is 5.32 Å². The summed E-state index contributed by atoms with van der Waals surface area (Å²) >= 11 is 1.76. The molecule has 1 atom stereocenters. The summed E-state index contributed by atoms with van der Waals surface area (Å²) in [5, 5.41) is 5.88. The highest BCUT2D eigenvalue weighted by molar-refractivity contribution is 7.10. The predicted molar refractivity (Wildman–Crippen MR) is 130 cm³/mol. The zero-order valence-corrected chi connectivity index (χ0v) is 19.7. The van der Waals surface area contributed by atoms with E-state index in [0.717, 1.165) is 30.1 Å². The van der Waals surface area contributed by atoms with E-state index >= 15 is 0 Å². The lowest BCUT2D eigenvalue weighted by Gasteiger charge is -2.36. The van der Waals surface area contributed by atoms with Crippen molar-refractivity contribution in [2.24, 2.45) is 5.92 Å². The highest BCUT2D eigenvalue weighted by atomic mass is 32.1. The van der Waals surface area contributed by atoms with Crippen LogP contribution in [0.25, 0.3) is 10.9 Å². The Morgan fingerprint density at radius 3 is 2.81 bits per heavy atom. The molecule has 0 aliphatic carbocycles. The van der Waals surface area contributed by atoms with Crippen LogP contribution in [0.15, 0.2) is 46.8 Å². The van der Waals surface area contributed by atoms with Crippen molar-refractivity contribution in [3.8, 4) is 0 Å². The Hall–Kier alpha value is -2.51. The number of fused-ring (bicyclic) bond motifs is 1. The summed E-state index contributed by atoms with van der Waals surface area (Å²) in [5.74, 6) is 0.816. The molecule has 0 spiro atoms. The van der Waals surface area contributed by atoms with E-state index < -0.39 is 0 Å². The molecule has 0 radical (unpaired) electrons. The zero-order valence-electron chi connectivity index (χ0n) is 18.9. The number of rotatable bonds is 8. The molecular formula is C25H32N4O2S. The third-order valence-corrected chi connectivity index (χ3v) is 7.45. The van der Waals surface area contributed by atoms with Crippen molar-refractivity contribution in [3.05, 3.63) is 62.8 Å². The molecular weight excluding hydrogens is 420 g/mol. The molecule has 3 aromatic rings. The SMILES string of the molecule is Cc1cccc2c(=O)n(CCCC(=O)NC[C@@H](c3cccs3)N3CCC(C)CC3)cnc12. The van der Waals surface area contributed by atoms with Crippen LogP contribution in [0.1, 0.15) is 49.1 Å². The Morgan fingerprint density at radius 1 is 1.25 bits per heavy atom. The van der Waals surface area contributed by atoms with E-state index in [-0.39, 0.29) is 17.5 Å². The summed E-state index contributed by atoms with van der Waals surface area (Å²) in [6.07, 6.45) is 5.02. The molecule has 3 heterocycles. The molecule has 1 aliphatic heterocycles. The summed E-state index contributed by atoms with van der Waals surface area (Å²) in [4.78, 5) is 33.5. The fraction of sp³-hybridized carbons (Fsp3) is 0.480. The maximum Gasteiger partial charge on any atom is 0.261 e. The summed E-state index contributed by atoms with van der Waals surface area (Å²) in [7, 11) is 0. The number of benzene rings is 1. The van der Waals surface area contributed by atoms with Crippen molar-refractivity contribution < 1.29 is 4.79 Å². The number of thiophene rings is 1. The molecule has 7 heteroatoms. The summed E-state index contributed by atoms with van der Waals surface area (Å²) in [5.41, 5.74) is 1.70. The van der Waals surface area contributed by atoms with Gasteiger partial charge in [-0.25, -0.2) is 4.98 Å². The maximum atomic E-state index is 12.7. The first-order chi connectivity index (χ1) is 15.5. The third-order valence-electron chi connectivity index (χ3n) is 6.48. The summed E-state index contributed by atoms with van der Waals surface area (Å²) < 4.78 is 1.61. The molecule has 4 rings (SSSR count). The van der Waals surface area contributed by atoms with Crippen molar-refractivity contribution in [3.63, 3.8) is 0 Å². The normalized spacial score (nSPS) is 16.3. The van der Waals surface area contributed by atoms with Gasteiger partial charge in [-0.3, -0.25) is 19.1 Å². The van der Waals surface area contributed by atoms with Crippen LogP contribution in [-0.4, -0.2) is 40.0 Å². The third kappa shape index (κ3) is 5.27. The van der Waals surface area contributed by atoms with Crippen LogP contribution < -0.4 is 10.9 Å². The molecule has 1 aliphatic rings. The molecule has 0 unspecified atom stereocenters. The molecule has 0 bridgehead atoms. The van der Waals surface area contributed by atoms with Crippen LogP contribution in [0.5, 0.6) is 0 Å². The fourth-order valence-electron chi connectivity index (χ4n) is 4.44. The Kier molecular flexibility index (Phi) is 7.37. The van der Waals surface area contributed by atoms with E-state index in [1.165, 1.54) is 17.7 Å². The highest BCUT2D eigenvalue weighted by Crippen LogP contribution is 2.29. The minimum atomic E-state index is -0.0452. The van der Waals surface area contributed by atoms with Gasteiger partial charge in [-0.15, -0.1) is 11.3 Å². The van der Waals surface area contributed by atoms with Gasteiger partial charge in [0.25, 0.3) is 5.56 Å². The second-order valence-electron chi connectivity index (χ2n) is 8.87. The van der Waals surface area contributed by atoms with Crippen LogP contribution in [0, 0.1) is 12.8 Å². The number of hydrogen-bond acceptors (Lipinski definition) is 5. The number of piperidine rings is 1. The van der Waals surface area contributed by atoms with Gasteiger partial charge in [0.15, 0.2) is 0 Å². The number of hydrogen-bond donors (Lipinski definition) is 1. The van der Waals surface area contributed by atoms with Crippen molar-refractivity contribution >= 4 is 28.1 Å². The van der Waals surface area contributed by atoms with Crippen LogP contribution >= 0.6 is 11.3 Å². The molecule has 1 aromatic carbocycles. The van der Waals surface area contributed by atoms with Crippen molar-refractivity contribution in [2.45, 2.75) is 52.1 Å². The Bertz CT molecular complexity index is 1100. The lowest BCUT2D eigenvalue weighted by atomic mass is 9.97. The first-order valence-electron chi connectivity index (χ1n) is 11.5. The zero-order chi connectivity index (χ0) is 22.5. The lowest BCUT2D eigenvalue weighted by molar-refractivity contribution is -0.121. The van der Waals surface area contributed by atoms with Gasteiger partial charge >= 0.3 is 0 Å². The number of carbonyl (C=O) groups excluding carboxylic acids is 1.